The van der Waals surface area contributed by atoms with Crippen molar-refractivity contribution >= 4 is 76.0 Å². The zero-order valence-electron chi connectivity index (χ0n) is 52.8. The van der Waals surface area contributed by atoms with Crippen LogP contribution in [0.1, 0.15) is 94.5 Å². The van der Waals surface area contributed by atoms with Gasteiger partial charge in [0.25, 0.3) is 0 Å². The molecule has 0 aliphatic rings. The van der Waals surface area contributed by atoms with Crippen LogP contribution in [0.5, 0.6) is 0 Å². The van der Waals surface area contributed by atoms with Crippen molar-refractivity contribution in [3.63, 3.8) is 0 Å². The summed E-state index contributed by atoms with van der Waals surface area (Å²) in [5.41, 5.74) is 42.7. The summed E-state index contributed by atoms with van der Waals surface area (Å²) in [5.74, 6) is -8.26. The lowest BCUT2D eigenvalue weighted by molar-refractivity contribution is -0.136. The van der Waals surface area contributed by atoms with Gasteiger partial charge in [-0.1, -0.05) is 99.1 Å². The van der Waals surface area contributed by atoms with Crippen LogP contribution in [0.4, 0.5) is 0 Å². The van der Waals surface area contributed by atoms with E-state index in [9.17, 15) is 48.3 Å². The van der Waals surface area contributed by atoms with Crippen molar-refractivity contribution in [1.29, 1.82) is 0 Å². The van der Waals surface area contributed by atoms with Crippen molar-refractivity contribution in [1.82, 2.24) is 57.5 Å². The van der Waals surface area contributed by atoms with Crippen LogP contribution in [-0.4, -0.2) is 165 Å². The molecular weight excluding hydrogens is 1200 g/mol. The Morgan fingerprint density at radius 3 is 1.48 bits per heavy atom. The van der Waals surface area contributed by atoms with Gasteiger partial charge in [-0.25, -0.2) is 4.98 Å². The minimum Gasteiger partial charge on any atom is -0.391 e. The summed E-state index contributed by atoms with van der Waals surface area (Å²) >= 11 is 0. The number of hydrogen-bond donors (Lipinski definition) is 18. The van der Waals surface area contributed by atoms with E-state index in [4.69, 9.17) is 40.1 Å². The Labute approximate surface area is 539 Å². The number of unbranched alkanes of at least 4 members (excludes halogenated alkanes) is 1. The average molecular weight is 1290 g/mol. The minimum atomic E-state index is -1.52. The van der Waals surface area contributed by atoms with E-state index in [0.717, 1.165) is 10.9 Å². The lowest BCUT2D eigenvalue weighted by Gasteiger charge is -2.30. The topological polar surface area (TPSA) is 521 Å². The zero-order chi connectivity index (χ0) is 68.0. The van der Waals surface area contributed by atoms with Crippen molar-refractivity contribution in [3.05, 3.63) is 126 Å². The first-order valence-electron chi connectivity index (χ1n) is 31.0. The SMILES string of the molecule is CC[C@H](C)[C@H](NC(=O)[C@@H](Cc1ccccc1)NC(=O)[C@@H](Cc1c[nH]c2ccccc12)NC(=O)[C@@H](N)CCCN=C(N)N)C(=O)N[C@H](Cc1ccccc1)C(=O)N[C@@H](Cc1cnc[nH]1)C(=O)N[C@@H](CCCCN)C(=O)N[C@@H](CCCN=C(N)N)C(=O)N[C@H](C(N)=O)[C@@H](C)O. The van der Waals surface area contributed by atoms with E-state index in [2.05, 4.69) is 67.5 Å². The number of carbonyl (C=O) groups is 9. The molecule has 30 nitrogen and oxygen atoms in total. The molecule has 0 aliphatic carbocycles. The molecule has 30 heteroatoms. The second kappa shape index (κ2) is 38.0. The molecule has 0 saturated heterocycles. The number of aliphatic hydroxyl groups is 1. The number of para-hydroxylation sites is 1. The number of nitrogens with one attached hydrogen (secondary N) is 10. The van der Waals surface area contributed by atoms with Gasteiger partial charge in [0.05, 0.1) is 18.5 Å². The molecule has 0 spiro atoms. The summed E-state index contributed by atoms with van der Waals surface area (Å²) in [6, 6.07) is 12.9. The maximum atomic E-state index is 15.0. The fraction of sp³-hybridized carbons (Fsp3) is 0.460. The number of aromatic amines is 2. The number of aromatic nitrogens is 3. The highest BCUT2D eigenvalue weighted by Gasteiger charge is 2.37. The largest absolute Gasteiger partial charge is 0.391 e. The number of guanidine groups is 2. The van der Waals surface area contributed by atoms with Gasteiger partial charge < -0.3 is 97.7 Å². The van der Waals surface area contributed by atoms with Gasteiger partial charge in [0.1, 0.15) is 48.3 Å². The first kappa shape index (κ1) is 73.8. The number of aliphatic imine (C=N–C) groups is 2. The van der Waals surface area contributed by atoms with Crippen molar-refractivity contribution in [2.45, 2.75) is 158 Å². The van der Waals surface area contributed by atoms with Crippen LogP contribution >= 0.6 is 0 Å². The molecule has 93 heavy (non-hydrogen) atoms. The molecule has 0 bridgehead atoms. The van der Waals surface area contributed by atoms with Crippen molar-refractivity contribution in [3.8, 4) is 0 Å². The number of benzene rings is 3. The van der Waals surface area contributed by atoms with Crippen molar-refractivity contribution in [2.24, 2.45) is 56.0 Å². The molecule has 3 aromatic carbocycles. The molecule has 11 atom stereocenters. The van der Waals surface area contributed by atoms with Gasteiger partial charge in [-0.2, -0.15) is 0 Å². The number of nitrogens with two attached hydrogens (primary N) is 7. The maximum Gasteiger partial charge on any atom is 0.243 e. The van der Waals surface area contributed by atoms with Crippen LogP contribution in [0.15, 0.2) is 114 Å². The van der Waals surface area contributed by atoms with Gasteiger partial charge in [-0.05, 0) is 87.1 Å². The second-order valence-electron chi connectivity index (χ2n) is 22.9. The van der Waals surface area contributed by atoms with Crippen LogP contribution in [0.2, 0.25) is 0 Å². The smallest absolute Gasteiger partial charge is 0.243 e. The molecule has 2 heterocycles. The van der Waals surface area contributed by atoms with Gasteiger partial charge in [0.15, 0.2) is 11.9 Å². The molecule has 2 aromatic heterocycles. The fourth-order valence-electron chi connectivity index (χ4n) is 10.1. The molecule has 0 saturated carbocycles. The van der Waals surface area contributed by atoms with Gasteiger partial charge in [0.2, 0.25) is 53.2 Å². The van der Waals surface area contributed by atoms with Gasteiger partial charge >= 0.3 is 0 Å². The predicted molar refractivity (Wildman–Crippen MR) is 351 cm³/mol. The van der Waals surface area contributed by atoms with E-state index in [1.807, 2.05) is 24.3 Å². The minimum absolute atomic E-state index is 0.00519. The zero-order valence-corrected chi connectivity index (χ0v) is 52.8. The van der Waals surface area contributed by atoms with Gasteiger partial charge in [-0.3, -0.25) is 53.1 Å². The van der Waals surface area contributed by atoms with E-state index in [0.29, 0.717) is 48.1 Å². The predicted octanol–water partition coefficient (Wildman–Crippen LogP) is -2.48. The number of fused-ring (bicyclic) bond motifs is 1. The number of H-pyrrole nitrogens is 2. The Kier molecular flexibility index (Phi) is 30.2. The van der Waals surface area contributed by atoms with Gasteiger partial charge in [0, 0.05) is 67.8 Å². The molecule has 0 fully saturated rings. The van der Waals surface area contributed by atoms with Crippen LogP contribution < -0.4 is 82.7 Å². The second-order valence-corrected chi connectivity index (χ2v) is 22.9. The quantitative estimate of drug-likeness (QED) is 0.0110. The number of carbonyl (C=O) groups excluding carboxylic acids is 9. The highest BCUT2D eigenvalue weighted by Crippen LogP contribution is 2.20. The maximum absolute atomic E-state index is 15.0. The summed E-state index contributed by atoms with van der Waals surface area (Å²) < 4.78 is 0. The molecule has 504 valence electrons. The number of nitrogens with zero attached hydrogens (tertiary/aromatic N) is 3. The van der Waals surface area contributed by atoms with E-state index in [1.165, 1.54) is 19.4 Å². The molecule has 5 rings (SSSR count). The van der Waals surface area contributed by atoms with Crippen LogP contribution in [-0.2, 0) is 68.8 Å². The van der Waals surface area contributed by atoms with Crippen LogP contribution in [0.25, 0.3) is 10.9 Å². The molecule has 25 N–H and O–H groups in total. The number of rotatable bonds is 40. The molecule has 0 unspecified atom stereocenters. The highest BCUT2D eigenvalue weighted by molar-refractivity contribution is 5.99. The van der Waals surface area contributed by atoms with E-state index < -0.39 is 120 Å². The first-order valence-corrected chi connectivity index (χ1v) is 31.0. The monoisotopic (exact) mass is 1290 g/mol. The molecule has 9 amide bonds. The highest BCUT2D eigenvalue weighted by atomic mass is 16.3. The summed E-state index contributed by atoms with van der Waals surface area (Å²) in [7, 11) is 0. The lowest BCUT2D eigenvalue weighted by Crippen LogP contribution is -2.62. The Bertz CT molecular complexity index is 3280. The summed E-state index contributed by atoms with van der Waals surface area (Å²) in [4.78, 5) is 146. The number of amides is 9. The Morgan fingerprint density at radius 1 is 0.516 bits per heavy atom. The van der Waals surface area contributed by atoms with Crippen LogP contribution in [0.3, 0.4) is 0 Å². The lowest BCUT2D eigenvalue weighted by atomic mass is 9.96. The third-order valence-corrected chi connectivity index (χ3v) is 15.5. The van der Waals surface area contributed by atoms with E-state index in [1.54, 1.807) is 80.7 Å². The molecule has 0 aliphatic heterocycles. The normalized spacial score (nSPS) is 14.7. The number of hydrogen-bond acceptors (Lipinski definition) is 15. The summed E-state index contributed by atoms with van der Waals surface area (Å²) in [6.07, 6.45) is 4.47. The average Bonchev–Trinajstić information content (AvgIpc) is 1.82. The van der Waals surface area contributed by atoms with Crippen molar-refractivity contribution < 1.29 is 48.3 Å². The third-order valence-electron chi connectivity index (χ3n) is 15.5. The van der Waals surface area contributed by atoms with Crippen LogP contribution in [0, 0.1) is 5.92 Å². The Morgan fingerprint density at radius 2 is 0.968 bits per heavy atom. The van der Waals surface area contributed by atoms with Gasteiger partial charge in [-0.15, -0.1) is 0 Å². The Balaban J connectivity index is 1.44. The number of primary amides is 1. The first-order chi connectivity index (χ1) is 44.5. The summed E-state index contributed by atoms with van der Waals surface area (Å²) in [5, 5.41) is 32.9. The van der Waals surface area contributed by atoms with E-state index >= 15 is 0 Å². The van der Waals surface area contributed by atoms with Crippen molar-refractivity contribution in [2.75, 3.05) is 19.6 Å². The fourth-order valence-corrected chi connectivity index (χ4v) is 10.1. The molecule has 5 aromatic rings. The standard InChI is InChI=1S/C63H92N20O10/c1-4-36(2)51(82-60(92)48(30-39-19-9-6-10-20-39)79-58(90)49(31-40-33-74-44-23-12-11-21-42(40)44)78-54(86)43(65)22-15-27-72-62(67)68)61(93)81-47(29-38-17-7-5-8-18-38)57(89)80-50(32-41-34-71-35-75-41)59(91)77-45(24-13-14-26-64)55(87)76-46(25-16-28-73-63(69)70)56(88)83-52(37(3)84)53(66)85/h5-12,17-21,23,33-37,43,45-52,74,84H,4,13-16,22,24-32,64-65H2,1-3H3,(H2,66,85)(H,71,75)(H,76,87)(H,77,91)(H,78,86)(H,79,90)(H,80,89)(H,81,93)(H,82,92)(H,83,88)(H4,67,68,72)(H4,69,70,73)/t36-,37+,43-,45-,46-,47+,48+,49+,50-,51-,52-/m0/s1. The number of aliphatic hydroxyl groups excluding tert-OH is 1. The molecular formula is C63H92N20O10. The Hall–Kier alpha value is -9.94. The summed E-state index contributed by atoms with van der Waals surface area (Å²) in [6.45, 7) is 5.29. The number of imidazole rings is 1. The third kappa shape index (κ3) is 24.7. The van der Waals surface area contributed by atoms with E-state index in [-0.39, 0.29) is 82.9 Å². The molecule has 0 radical (unpaired) electrons.